The Hall–Kier alpha value is -2.30. The molecule has 1 aliphatic heterocycles. The Labute approximate surface area is 124 Å². The average molecular weight is 284 g/mol. The van der Waals surface area contributed by atoms with Gasteiger partial charge in [-0.3, -0.25) is 9.58 Å². The van der Waals surface area contributed by atoms with Gasteiger partial charge in [0.05, 0.1) is 6.54 Å². The summed E-state index contributed by atoms with van der Waals surface area (Å²) in [6, 6.07) is 10.0. The molecule has 1 N–H and O–H groups in total. The van der Waals surface area contributed by atoms with E-state index in [4.69, 9.17) is 0 Å². The zero-order chi connectivity index (χ0) is 14.7. The third-order valence-corrected chi connectivity index (χ3v) is 3.75. The van der Waals surface area contributed by atoms with Gasteiger partial charge in [0.25, 0.3) is 0 Å². The molecule has 0 spiro atoms. The van der Waals surface area contributed by atoms with Crippen molar-refractivity contribution in [1.29, 1.82) is 0 Å². The van der Waals surface area contributed by atoms with Crippen LogP contribution in [0.1, 0.15) is 18.9 Å². The molecule has 0 saturated carbocycles. The molecule has 1 atom stereocenters. The lowest BCUT2D eigenvalue weighted by atomic mass is 10.0. The van der Waals surface area contributed by atoms with Crippen molar-refractivity contribution < 1.29 is 4.79 Å². The summed E-state index contributed by atoms with van der Waals surface area (Å²) in [5, 5.41) is 7.22. The molecule has 1 aromatic carbocycles. The fourth-order valence-electron chi connectivity index (χ4n) is 2.77. The van der Waals surface area contributed by atoms with Crippen LogP contribution in [-0.4, -0.2) is 28.4 Å². The van der Waals surface area contributed by atoms with E-state index in [1.54, 1.807) is 6.20 Å². The van der Waals surface area contributed by atoms with Crippen LogP contribution >= 0.6 is 0 Å². The van der Waals surface area contributed by atoms with Crippen molar-refractivity contribution in [3.05, 3.63) is 48.3 Å². The molecule has 0 bridgehead atoms. The van der Waals surface area contributed by atoms with Crippen molar-refractivity contribution in [1.82, 2.24) is 15.1 Å². The Balaban J connectivity index is 1.66. The van der Waals surface area contributed by atoms with Gasteiger partial charge in [-0.25, -0.2) is 4.79 Å². The Morgan fingerprint density at radius 2 is 2.24 bits per heavy atom. The number of hydrogen-bond acceptors (Lipinski definition) is 2. The first-order chi connectivity index (χ1) is 10.2. The maximum atomic E-state index is 12.5. The summed E-state index contributed by atoms with van der Waals surface area (Å²) in [7, 11) is 0. The van der Waals surface area contributed by atoms with Gasteiger partial charge in [0.15, 0.2) is 0 Å². The van der Waals surface area contributed by atoms with E-state index < -0.39 is 0 Å². The number of rotatable bonds is 3. The number of benzene rings is 1. The monoisotopic (exact) mass is 284 g/mol. The number of carbonyl (C=O) groups is 1. The van der Waals surface area contributed by atoms with Gasteiger partial charge in [0, 0.05) is 30.7 Å². The Morgan fingerprint density at radius 1 is 1.38 bits per heavy atom. The highest BCUT2D eigenvalue weighted by Crippen LogP contribution is 2.26. The Kier molecular flexibility index (Phi) is 3.90. The molecule has 2 heterocycles. The van der Waals surface area contributed by atoms with Crippen molar-refractivity contribution in [2.75, 3.05) is 11.4 Å². The lowest BCUT2D eigenvalue weighted by Gasteiger charge is -2.30. The summed E-state index contributed by atoms with van der Waals surface area (Å²) in [5.41, 5.74) is 2.28. The van der Waals surface area contributed by atoms with Gasteiger partial charge in [-0.05, 0) is 37.5 Å². The number of urea groups is 1. The number of fused-ring (bicyclic) bond motifs is 1. The normalized spacial score (nSPS) is 15.4. The molecule has 0 radical (unpaired) electrons. The number of anilines is 1. The molecule has 1 aromatic heterocycles. The molecular weight excluding hydrogens is 264 g/mol. The topological polar surface area (TPSA) is 50.2 Å². The first-order valence-electron chi connectivity index (χ1n) is 7.37. The van der Waals surface area contributed by atoms with Crippen LogP contribution in [0.4, 0.5) is 10.5 Å². The zero-order valence-electron chi connectivity index (χ0n) is 12.2. The van der Waals surface area contributed by atoms with Gasteiger partial charge in [-0.2, -0.15) is 5.10 Å². The Bertz CT molecular complexity index is 608. The van der Waals surface area contributed by atoms with Gasteiger partial charge in [-0.1, -0.05) is 18.2 Å². The maximum Gasteiger partial charge on any atom is 0.322 e. The fourth-order valence-corrected chi connectivity index (χ4v) is 2.77. The highest BCUT2D eigenvalue weighted by atomic mass is 16.2. The largest absolute Gasteiger partial charge is 0.333 e. The van der Waals surface area contributed by atoms with Crippen LogP contribution in [0.15, 0.2) is 42.7 Å². The number of aryl methyl sites for hydroxylation is 1. The molecule has 110 valence electrons. The smallest absolute Gasteiger partial charge is 0.322 e. The van der Waals surface area contributed by atoms with Gasteiger partial charge in [-0.15, -0.1) is 0 Å². The van der Waals surface area contributed by atoms with E-state index in [2.05, 4.69) is 16.5 Å². The Morgan fingerprint density at radius 3 is 3.05 bits per heavy atom. The van der Waals surface area contributed by atoms with Crippen molar-refractivity contribution in [3.8, 4) is 0 Å². The third kappa shape index (κ3) is 3.07. The van der Waals surface area contributed by atoms with E-state index in [9.17, 15) is 4.79 Å². The number of nitrogens with one attached hydrogen (secondary N) is 1. The van der Waals surface area contributed by atoms with E-state index in [0.29, 0.717) is 6.54 Å². The van der Waals surface area contributed by atoms with E-state index in [-0.39, 0.29) is 12.1 Å². The molecule has 3 rings (SSSR count). The fraction of sp³-hybridized carbons (Fsp3) is 0.375. The summed E-state index contributed by atoms with van der Waals surface area (Å²) in [5.74, 6) is 0. The van der Waals surface area contributed by atoms with E-state index in [0.717, 1.165) is 25.1 Å². The van der Waals surface area contributed by atoms with Crippen LogP contribution < -0.4 is 10.2 Å². The predicted octanol–water partition coefficient (Wildman–Crippen LogP) is 2.43. The highest BCUT2D eigenvalue weighted by molar-refractivity contribution is 5.93. The molecule has 0 unspecified atom stereocenters. The second kappa shape index (κ2) is 5.99. The van der Waals surface area contributed by atoms with Crippen molar-refractivity contribution in [3.63, 3.8) is 0 Å². The lowest BCUT2D eigenvalue weighted by Crippen LogP contribution is -2.47. The average Bonchev–Trinajstić information content (AvgIpc) is 2.99. The molecule has 1 aliphatic rings. The lowest BCUT2D eigenvalue weighted by molar-refractivity contribution is 0.241. The minimum atomic E-state index is -0.0261. The third-order valence-electron chi connectivity index (χ3n) is 3.75. The summed E-state index contributed by atoms with van der Waals surface area (Å²) in [4.78, 5) is 14.3. The number of aromatic nitrogens is 2. The van der Waals surface area contributed by atoms with E-state index >= 15 is 0 Å². The van der Waals surface area contributed by atoms with Crippen molar-refractivity contribution in [2.45, 2.75) is 32.4 Å². The van der Waals surface area contributed by atoms with Crippen LogP contribution in [0, 0.1) is 0 Å². The quantitative estimate of drug-likeness (QED) is 0.941. The van der Waals surface area contributed by atoms with Crippen LogP contribution in [0.25, 0.3) is 0 Å². The molecule has 5 heteroatoms. The molecule has 5 nitrogen and oxygen atoms in total. The van der Waals surface area contributed by atoms with E-state index in [1.807, 2.05) is 47.0 Å². The highest BCUT2D eigenvalue weighted by Gasteiger charge is 2.23. The number of carbonyl (C=O) groups excluding carboxylic acids is 1. The van der Waals surface area contributed by atoms with Gasteiger partial charge < -0.3 is 5.32 Å². The van der Waals surface area contributed by atoms with Crippen molar-refractivity contribution in [2.24, 2.45) is 0 Å². The summed E-state index contributed by atoms with van der Waals surface area (Å²) in [6.45, 7) is 3.45. The second-order valence-corrected chi connectivity index (χ2v) is 5.46. The van der Waals surface area contributed by atoms with Crippen molar-refractivity contribution >= 4 is 11.7 Å². The molecular formula is C16H20N4O. The molecule has 2 aromatic rings. The second-order valence-electron chi connectivity index (χ2n) is 5.46. The SMILES string of the molecule is C[C@H](Cn1cccn1)NC(=O)N1CCCc2ccccc21. The molecule has 21 heavy (non-hydrogen) atoms. The van der Waals surface area contributed by atoms with Crippen LogP contribution in [-0.2, 0) is 13.0 Å². The van der Waals surface area contributed by atoms with Gasteiger partial charge in [0.2, 0.25) is 0 Å². The molecule has 0 saturated heterocycles. The predicted molar refractivity (Wildman–Crippen MR) is 82.3 cm³/mol. The van der Waals surface area contributed by atoms with Gasteiger partial charge in [0.1, 0.15) is 0 Å². The number of hydrogen-bond donors (Lipinski definition) is 1. The first kappa shape index (κ1) is 13.7. The van der Waals surface area contributed by atoms with Crippen LogP contribution in [0.2, 0.25) is 0 Å². The maximum absolute atomic E-state index is 12.5. The molecule has 0 fully saturated rings. The summed E-state index contributed by atoms with van der Waals surface area (Å²) >= 11 is 0. The summed E-state index contributed by atoms with van der Waals surface area (Å²) < 4.78 is 1.83. The van der Waals surface area contributed by atoms with Gasteiger partial charge >= 0.3 is 6.03 Å². The van der Waals surface area contributed by atoms with Crippen LogP contribution in [0.5, 0.6) is 0 Å². The minimum absolute atomic E-state index is 0.0261. The number of amides is 2. The standard InChI is InChI=1S/C16H20N4O/c1-13(12-19-10-5-9-17-19)18-16(21)20-11-4-7-14-6-2-3-8-15(14)20/h2-3,5-6,8-10,13H,4,7,11-12H2,1H3,(H,18,21)/t13-/m1/s1. The summed E-state index contributed by atoms with van der Waals surface area (Å²) in [6.07, 6.45) is 5.70. The van der Waals surface area contributed by atoms with Crippen LogP contribution in [0.3, 0.4) is 0 Å². The number of nitrogens with zero attached hydrogens (tertiary/aromatic N) is 3. The van der Waals surface area contributed by atoms with E-state index in [1.165, 1.54) is 5.56 Å². The number of para-hydroxylation sites is 1. The zero-order valence-corrected chi connectivity index (χ0v) is 12.2. The molecule has 0 aliphatic carbocycles. The molecule has 2 amide bonds. The first-order valence-corrected chi connectivity index (χ1v) is 7.37. The minimum Gasteiger partial charge on any atom is -0.333 e.